The highest BCUT2D eigenvalue weighted by molar-refractivity contribution is 5.93. The molecule has 0 radical (unpaired) electrons. The van der Waals surface area contributed by atoms with Crippen molar-refractivity contribution in [3.05, 3.63) is 101 Å². The Morgan fingerprint density at radius 3 is 2.42 bits per heavy atom. The average Bonchev–Trinajstić information content (AvgIpc) is 3.70. The van der Waals surface area contributed by atoms with Crippen LogP contribution in [0.4, 0.5) is 5.69 Å². The second-order valence-corrected chi connectivity index (χ2v) is 10.8. The lowest BCUT2D eigenvalue weighted by Gasteiger charge is -2.25. The number of allylic oxidation sites excluding steroid dienone is 1. The summed E-state index contributed by atoms with van der Waals surface area (Å²) in [6.07, 6.45) is 5.10. The molecule has 1 aliphatic rings. The maximum Gasteiger partial charge on any atom is 0.143 e. The van der Waals surface area contributed by atoms with Crippen LogP contribution in [0.15, 0.2) is 72.8 Å². The normalized spacial score (nSPS) is 14.0. The maximum absolute atomic E-state index is 11.8. The number of ether oxygens (including phenoxy) is 1. The molecule has 0 spiro atoms. The number of carbonyl (C=O) groups excluding carboxylic acids is 1. The Morgan fingerprint density at radius 2 is 1.78 bits per heavy atom. The number of rotatable bonds is 10. The van der Waals surface area contributed by atoms with Gasteiger partial charge in [-0.1, -0.05) is 63.2 Å². The highest BCUT2D eigenvalue weighted by Gasteiger charge is 2.21. The molecule has 1 fully saturated rings. The first-order chi connectivity index (χ1) is 17.3. The zero-order valence-electron chi connectivity index (χ0n) is 22.2. The molecule has 4 rings (SSSR count). The summed E-state index contributed by atoms with van der Waals surface area (Å²) in [6.45, 7) is 8.19. The van der Waals surface area contributed by atoms with Gasteiger partial charge in [-0.2, -0.15) is 0 Å². The highest BCUT2D eigenvalue weighted by atomic mass is 16.5. The Kier molecular flexibility index (Phi) is 7.95. The van der Waals surface area contributed by atoms with Gasteiger partial charge < -0.3 is 15.0 Å². The van der Waals surface area contributed by atoms with Gasteiger partial charge >= 0.3 is 0 Å². The minimum Gasteiger partial charge on any atom is -0.497 e. The van der Waals surface area contributed by atoms with Crippen molar-refractivity contribution in [2.75, 3.05) is 19.1 Å². The third-order valence-corrected chi connectivity index (χ3v) is 6.79. The van der Waals surface area contributed by atoms with Crippen molar-refractivity contribution in [1.82, 2.24) is 5.32 Å². The molecular formula is C32H38N2O2. The predicted octanol–water partition coefficient (Wildman–Crippen LogP) is 6.51. The lowest BCUT2D eigenvalue weighted by atomic mass is 9.85. The number of nitrogens with one attached hydrogen (secondary N) is 1. The maximum atomic E-state index is 11.8. The molecule has 0 saturated heterocycles. The molecule has 0 heterocycles. The van der Waals surface area contributed by atoms with Gasteiger partial charge in [-0.05, 0) is 76.4 Å². The fourth-order valence-electron chi connectivity index (χ4n) is 4.48. The molecule has 3 aromatic rings. The molecule has 36 heavy (non-hydrogen) atoms. The van der Waals surface area contributed by atoms with Gasteiger partial charge in [0.2, 0.25) is 0 Å². The van der Waals surface area contributed by atoms with E-state index in [-0.39, 0.29) is 5.41 Å². The average molecular weight is 483 g/mol. The van der Waals surface area contributed by atoms with E-state index in [4.69, 9.17) is 4.74 Å². The van der Waals surface area contributed by atoms with Gasteiger partial charge in [-0.25, -0.2) is 0 Å². The van der Waals surface area contributed by atoms with Crippen LogP contribution in [0, 0.1) is 0 Å². The molecule has 188 valence electrons. The zero-order chi connectivity index (χ0) is 25.7. The van der Waals surface area contributed by atoms with Crippen LogP contribution in [0.5, 0.6) is 5.75 Å². The second-order valence-electron chi connectivity index (χ2n) is 10.8. The van der Waals surface area contributed by atoms with Crippen molar-refractivity contribution in [3.8, 4) is 5.75 Å². The first kappa shape index (κ1) is 25.7. The molecule has 1 aliphatic carbocycles. The first-order valence-corrected chi connectivity index (χ1v) is 12.8. The fourth-order valence-corrected chi connectivity index (χ4v) is 4.48. The molecule has 1 N–H and O–H groups in total. The number of aldehydes is 1. The lowest BCUT2D eigenvalue weighted by molar-refractivity contribution is -0.104. The van der Waals surface area contributed by atoms with Crippen molar-refractivity contribution in [2.45, 2.75) is 58.2 Å². The van der Waals surface area contributed by atoms with E-state index in [0.717, 1.165) is 53.1 Å². The van der Waals surface area contributed by atoms with Crippen LogP contribution in [0.25, 0.3) is 5.57 Å². The number of anilines is 1. The van der Waals surface area contributed by atoms with E-state index in [1.807, 2.05) is 12.1 Å². The van der Waals surface area contributed by atoms with E-state index in [9.17, 15) is 4.79 Å². The minimum atomic E-state index is 0.0730. The third kappa shape index (κ3) is 6.44. The number of hydrogen-bond acceptors (Lipinski definition) is 4. The number of nitrogens with zero attached hydrogens (tertiary/aromatic N) is 1. The number of methoxy groups -OCH3 is 1. The summed E-state index contributed by atoms with van der Waals surface area (Å²) in [4.78, 5) is 14.1. The summed E-state index contributed by atoms with van der Waals surface area (Å²) in [5, 5.41) is 3.62. The molecule has 0 bridgehead atoms. The smallest absolute Gasteiger partial charge is 0.143 e. The summed E-state index contributed by atoms with van der Waals surface area (Å²) in [7, 11) is 3.79. The predicted molar refractivity (Wildman–Crippen MR) is 150 cm³/mol. The Balaban J connectivity index is 1.72. The lowest BCUT2D eigenvalue weighted by Crippen LogP contribution is -2.19. The summed E-state index contributed by atoms with van der Waals surface area (Å²) >= 11 is 0. The third-order valence-electron chi connectivity index (χ3n) is 6.79. The second kappa shape index (κ2) is 11.1. The molecule has 3 aromatic carbocycles. The van der Waals surface area contributed by atoms with Crippen molar-refractivity contribution in [2.24, 2.45) is 0 Å². The van der Waals surface area contributed by atoms with Crippen molar-refractivity contribution in [1.29, 1.82) is 0 Å². The van der Waals surface area contributed by atoms with Gasteiger partial charge in [0, 0.05) is 37.4 Å². The molecule has 4 nitrogen and oxygen atoms in total. The minimum absolute atomic E-state index is 0.0730. The van der Waals surface area contributed by atoms with Gasteiger partial charge in [0.05, 0.1) is 7.11 Å². The zero-order valence-corrected chi connectivity index (χ0v) is 22.2. The Morgan fingerprint density at radius 1 is 1.03 bits per heavy atom. The van der Waals surface area contributed by atoms with Crippen LogP contribution >= 0.6 is 0 Å². The van der Waals surface area contributed by atoms with Crippen LogP contribution < -0.4 is 15.0 Å². The number of hydrogen-bond donors (Lipinski definition) is 1. The van der Waals surface area contributed by atoms with Gasteiger partial charge in [0.25, 0.3) is 0 Å². The molecule has 0 amide bonds. The fraction of sp³-hybridized carbons (Fsp3) is 0.344. The van der Waals surface area contributed by atoms with E-state index in [1.54, 1.807) is 13.2 Å². The van der Waals surface area contributed by atoms with Gasteiger partial charge in [-0.15, -0.1) is 0 Å². The molecule has 0 atom stereocenters. The molecule has 1 saturated carbocycles. The van der Waals surface area contributed by atoms with Crippen molar-refractivity contribution in [3.63, 3.8) is 0 Å². The topological polar surface area (TPSA) is 41.6 Å². The SMILES string of the molecule is COc1cccc(CN(C)c2ccc(CNC3CC3)cc2/C(=C/C=O)c2ccc(C(C)(C)C)cc2)c1. The van der Waals surface area contributed by atoms with Gasteiger partial charge in [-0.3, -0.25) is 4.79 Å². The van der Waals surface area contributed by atoms with E-state index in [2.05, 4.69) is 92.6 Å². The van der Waals surface area contributed by atoms with Crippen LogP contribution in [0.2, 0.25) is 0 Å². The van der Waals surface area contributed by atoms with Crippen LogP contribution in [-0.4, -0.2) is 26.5 Å². The monoisotopic (exact) mass is 482 g/mol. The Labute approximate surface area is 216 Å². The first-order valence-electron chi connectivity index (χ1n) is 12.8. The highest BCUT2D eigenvalue weighted by Crippen LogP contribution is 2.34. The van der Waals surface area contributed by atoms with Crippen LogP contribution in [-0.2, 0) is 23.3 Å². The summed E-state index contributed by atoms with van der Waals surface area (Å²) in [5.41, 5.74) is 7.85. The number of benzene rings is 3. The molecule has 4 heteroatoms. The van der Waals surface area contributed by atoms with Crippen molar-refractivity contribution >= 4 is 17.5 Å². The summed E-state index contributed by atoms with van der Waals surface area (Å²) in [6, 6.07) is 24.0. The van der Waals surface area contributed by atoms with Crippen molar-refractivity contribution < 1.29 is 9.53 Å². The van der Waals surface area contributed by atoms with Crippen LogP contribution in [0.3, 0.4) is 0 Å². The number of carbonyl (C=O) groups is 1. The standard InChI is InChI=1S/C32H38N2O2/c1-32(2,3)26-12-10-25(11-13-26)29(17-18-35)30-20-23(21-33-27-14-15-27)9-16-31(30)34(4)22-24-7-6-8-28(19-24)36-5/h6-13,16-20,27,33H,14-15,21-22H2,1-5H3/b29-17+. The van der Waals surface area contributed by atoms with E-state index < -0.39 is 0 Å². The Bertz CT molecular complexity index is 1220. The summed E-state index contributed by atoms with van der Waals surface area (Å²) in [5.74, 6) is 0.850. The van der Waals surface area contributed by atoms with Gasteiger partial charge in [0.15, 0.2) is 0 Å². The van der Waals surface area contributed by atoms with Gasteiger partial charge in [0.1, 0.15) is 12.0 Å². The van der Waals surface area contributed by atoms with E-state index in [1.165, 1.54) is 24.0 Å². The van der Waals surface area contributed by atoms with Crippen LogP contribution in [0.1, 0.15) is 61.4 Å². The molecule has 0 aliphatic heterocycles. The molecular weight excluding hydrogens is 444 g/mol. The van der Waals surface area contributed by atoms with E-state index in [0.29, 0.717) is 6.04 Å². The summed E-state index contributed by atoms with van der Waals surface area (Å²) < 4.78 is 5.42. The largest absolute Gasteiger partial charge is 0.497 e. The quantitative estimate of drug-likeness (QED) is 0.264. The molecule has 0 unspecified atom stereocenters. The Hall–Kier alpha value is -3.37. The van der Waals surface area contributed by atoms with E-state index >= 15 is 0 Å². The molecule has 0 aromatic heterocycles.